The molecule has 0 saturated heterocycles. The maximum atomic E-state index is 11.5. The fourth-order valence-corrected chi connectivity index (χ4v) is 2.45. The lowest BCUT2D eigenvalue weighted by Crippen LogP contribution is -2.18. The van der Waals surface area contributed by atoms with Gasteiger partial charge < -0.3 is 10.4 Å². The normalized spacial score (nSPS) is 13.7. The van der Waals surface area contributed by atoms with Crippen molar-refractivity contribution in [3.05, 3.63) is 28.8 Å². The molecule has 0 spiro atoms. The van der Waals surface area contributed by atoms with Gasteiger partial charge in [-0.2, -0.15) is 0 Å². The highest BCUT2D eigenvalue weighted by Gasteiger charge is 2.16. The second-order valence-electron chi connectivity index (χ2n) is 4.30. The molecule has 1 atom stereocenters. The lowest BCUT2D eigenvalue weighted by molar-refractivity contribution is 0.176. The van der Waals surface area contributed by atoms with E-state index in [-0.39, 0.29) is 4.90 Å². The van der Waals surface area contributed by atoms with E-state index in [1.165, 1.54) is 6.26 Å². The number of aliphatic hydroxyl groups is 1. The molecule has 0 amide bonds. The Balaban J connectivity index is 3.35. The lowest BCUT2D eigenvalue weighted by Gasteiger charge is -2.16. The maximum Gasteiger partial charge on any atom is 0.175 e. The lowest BCUT2D eigenvalue weighted by atomic mass is 9.99. The van der Waals surface area contributed by atoms with Gasteiger partial charge in [0.2, 0.25) is 0 Å². The van der Waals surface area contributed by atoms with Crippen molar-refractivity contribution in [3.8, 4) is 0 Å². The molecule has 1 aromatic carbocycles. The van der Waals surface area contributed by atoms with Gasteiger partial charge in [0.05, 0.1) is 11.0 Å². The van der Waals surface area contributed by atoms with E-state index in [9.17, 15) is 13.5 Å². The molecule has 0 heterocycles. The molecule has 0 bridgehead atoms. The van der Waals surface area contributed by atoms with E-state index < -0.39 is 15.9 Å². The quantitative estimate of drug-likeness (QED) is 0.843. The highest BCUT2D eigenvalue weighted by atomic mass is 32.2. The van der Waals surface area contributed by atoms with Gasteiger partial charge >= 0.3 is 0 Å². The van der Waals surface area contributed by atoms with Crippen LogP contribution >= 0.6 is 0 Å². The van der Waals surface area contributed by atoms with Crippen molar-refractivity contribution >= 4 is 9.84 Å². The molecular weight excluding hydrogens is 238 g/mol. The van der Waals surface area contributed by atoms with Gasteiger partial charge in [0.25, 0.3) is 0 Å². The first-order valence-corrected chi connectivity index (χ1v) is 7.30. The molecule has 96 valence electrons. The van der Waals surface area contributed by atoms with Crippen LogP contribution in [0, 0.1) is 13.8 Å². The molecular formula is C12H19NO3S. The molecule has 17 heavy (non-hydrogen) atoms. The number of hydrogen-bond donors (Lipinski definition) is 2. The van der Waals surface area contributed by atoms with E-state index in [2.05, 4.69) is 5.32 Å². The summed E-state index contributed by atoms with van der Waals surface area (Å²) in [7, 11) is -1.50. The highest BCUT2D eigenvalue weighted by molar-refractivity contribution is 7.90. The van der Waals surface area contributed by atoms with Crippen molar-refractivity contribution in [2.24, 2.45) is 0 Å². The SMILES string of the molecule is CNCC(O)c1cc(S(C)(=O)=O)cc(C)c1C. The molecule has 0 fully saturated rings. The largest absolute Gasteiger partial charge is 0.387 e. The van der Waals surface area contributed by atoms with Gasteiger partial charge in [-0.3, -0.25) is 0 Å². The van der Waals surface area contributed by atoms with Crippen LogP contribution in [0.3, 0.4) is 0 Å². The van der Waals surface area contributed by atoms with Crippen LogP contribution in [0.1, 0.15) is 22.8 Å². The third kappa shape index (κ3) is 3.28. The molecule has 0 radical (unpaired) electrons. The molecule has 4 nitrogen and oxygen atoms in total. The van der Waals surface area contributed by atoms with Crippen molar-refractivity contribution in [3.63, 3.8) is 0 Å². The Morgan fingerprint density at radius 2 is 1.94 bits per heavy atom. The summed E-state index contributed by atoms with van der Waals surface area (Å²) in [6.45, 7) is 4.13. The number of sulfone groups is 1. The molecule has 5 heteroatoms. The summed E-state index contributed by atoms with van der Waals surface area (Å²) in [5.41, 5.74) is 2.47. The first-order valence-electron chi connectivity index (χ1n) is 5.41. The Morgan fingerprint density at radius 1 is 1.35 bits per heavy atom. The first kappa shape index (κ1) is 14.2. The summed E-state index contributed by atoms with van der Waals surface area (Å²) < 4.78 is 23.1. The van der Waals surface area contributed by atoms with Crippen LogP contribution < -0.4 is 5.32 Å². The van der Waals surface area contributed by atoms with Gasteiger partial charge in [-0.05, 0) is 49.7 Å². The van der Waals surface area contributed by atoms with Crippen LogP contribution in [0.2, 0.25) is 0 Å². The van der Waals surface area contributed by atoms with E-state index in [1.54, 1.807) is 19.2 Å². The van der Waals surface area contributed by atoms with Crippen molar-refractivity contribution in [2.75, 3.05) is 19.8 Å². The van der Waals surface area contributed by atoms with Crippen LogP contribution in [0.25, 0.3) is 0 Å². The summed E-state index contributed by atoms with van der Waals surface area (Å²) >= 11 is 0. The van der Waals surface area contributed by atoms with E-state index in [1.807, 2.05) is 13.8 Å². The summed E-state index contributed by atoms with van der Waals surface area (Å²) in [5.74, 6) is 0. The Morgan fingerprint density at radius 3 is 2.41 bits per heavy atom. The average Bonchev–Trinajstić information content (AvgIpc) is 2.20. The second kappa shape index (κ2) is 5.16. The van der Waals surface area contributed by atoms with E-state index in [4.69, 9.17) is 0 Å². The van der Waals surface area contributed by atoms with Crippen molar-refractivity contribution in [2.45, 2.75) is 24.8 Å². The fourth-order valence-electron chi connectivity index (χ4n) is 1.72. The van der Waals surface area contributed by atoms with Crippen molar-refractivity contribution < 1.29 is 13.5 Å². The molecule has 0 aliphatic heterocycles. The molecule has 1 unspecified atom stereocenters. The average molecular weight is 257 g/mol. The van der Waals surface area contributed by atoms with Gasteiger partial charge in [-0.1, -0.05) is 0 Å². The predicted octanol–water partition coefficient (Wildman–Crippen LogP) is 0.960. The Hall–Kier alpha value is -0.910. The van der Waals surface area contributed by atoms with Crippen LogP contribution in [-0.2, 0) is 9.84 Å². The predicted molar refractivity (Wildman–Crippen MR) is 67.9 cm³/mol. The van der Waals surface area contributed by atoms with Crippen LogP contribution in [0.5, 0.6) is 0 Å². The van der Waals surface area contributed by atoms with Crippen molar-refractivity contribution in [1.29, 1.82) is 0 Å². The first-order chi connectivity index (χ1) is 7.77. The zero-order chi connectivity index (χ0) is 13.2. The van der Waals surface area contributed by atoms with Crippen molar-refractivity contribution in [1.82, 2.24) is 5.32 Å². The smallest absolute Gasteiger partial charge is 0.175 e. The molecule has 0 aliphatic rings. The minimum absolute atomic E-state index is 0.255. The number of benzene rings is 1. The summed E-state index contributed by atoms with van der Waals surface area (Å²) in [4.78, 5) is 0.255. The molecule has 0 aromatic heterocycles. The van der Waals surface area contributed by atoms with E-state index >= 15 is 0 Å². The molecule has 2 N–H and O–H groups in total. The number of nitrogens with one attached hydrogen (secondary N) is 1. The minimum Gasteiger partial charge on any atom is -0.387 e. The second-order valence-corrected chi connectivity index (χ2v) is 6.32. The van der Waals surface area contributed by atoms with Crippen LogP contribution in [-0.4, -0.2) is 33.4 Å². The minimum atomic E-state index is -3.24. The van der Waals surface area contributed by atoms with E-state index in [0.29, 0.717) is 12.1 Å². The Labute approximate surface area is 103 Å². The Bertz CT molecular complexity index is 509. The van der Waals surface area contributed by atoms with E-state index in [0.717, 1.165) is 11.1 Å². The molecule has 0 aliphatic carbocycles. The van der Waals surface area contributed by atoms with Crippen LogP contribution in [0.15, 0.2) is 17.0 Å². The fraction of sp³-hybridized carbons (Fsp3) is 0.500. The van der Waals surface area contributed by atoms with Gasteiger partial charge in [-0.25, -0.2) is 8.42 Å². The number of aliphatic hydroxyl groups excluding tert-OH is 1. The van der Waals surface area contributed by atoms with Gasteiger partial charge in [0.1, 0.15) is 0 Å². The van der Waals surface area contributed by atoms with Gasteiger partial charge in [0, 0.05) is 12.8 Å². The topological polar surface area (TPSA) is 66.4 Å². The zero-order valence-electron chi connectivity index (χ0n) is 10.6. The standard InChI is InChI=1S/C12H19NO3S/c1-8-5-10(17(4,15)16)6-11(9(8)2)12(14)7-13-3/h5-6,12-14H,7H2,1-4H3. The van der Waals surface area contributed by atoms with Gasteiger partial charge in [-0.15, -0.1) is 0 Å². The van der Waals surface area contributed by atoms with Crippen LogP contribution in [0.4, 0.5) is 0 Å². The highest BCUT2D eigenvalue weighted by Crippen LogP contribution is 2.24. The molecule has 1 aromatic rings. The maximum absolute atomic E-state index is 11.5. The molecule has 0 saturated carbocycles. The summed E-state index contributed by atoms with van der Waals surface area (Å²) in [6, 6.07) is 3.19. The Kier molecular flexibility index (Phi) is 4.30. The number of rotatable bonds is 4. The zero-order valence-corrected chi connectivity index (χ0v) is 11.4. The number of likely N-dealkylation sites (N-methyl/N-ethyl adjacent to an activating group) is 1. The third-order valence-electron chi connectivity index (χ3n) is 2.87. The number of aryl methyl sites for hydroxylation is 1. The molecule has 1 rings (SSSR count). The monoisotopic (exact) mass is 257 g/mol. The number of hydrogen-bond acceptors (Lipinski definition) is 4. The summed E-state index contributed by atoms with van der Waals surface area (Å²) in [5, 5.41) is 12.8. The third-order valence-corrected chi connectivity index (χ3v) is 3.96. The summed E-state index contributed by atoms with van der Waals surface area (Å²) in [6.07, 6.45) is 0.478. The van der Waals surface area contributed by atoms with Gasteiger partial charge in [0.15, 0.2) is 9.84 Å².